The van der Waals surface area contributed by atoms with E-state index in [9.17, 15) is 0 Å². The molecule has 1 aliphatic rings. The van der Waals surface area contributed by atoms with E-state index < -0.39 is 0 Å². The van der Waals surface area contributed by atoms with Gasteiger partial charge >= 0.3 is 0 Å². The lowest BCUT2D eigenvalue weighted by atomic mass is 10.3. The van der Waals surface area contributed by atoms with Gasteiger partial charge in [-0.15, -0.1) is 11.6 Å². The van der Waals surface area contributed by atoms with Crippen LogP contribution >= 0.6 is 11.6 Å². The maximum atomic E-state index is 5.68. The Labute approximate surface area is 54.2 Å². The zero-order valence-electron chi connectivity index (χ0n) is 4.86. The van der Waals surface area contributed by atoms with E-state index in [0.717, 1.165) is 6.61 Å². The summed E-state index contributed by atoms with van der Waals surface area (Å²) < 4.78 is 5.10. The Morgan fingerprint density at radius 1 is 1.62 bits per heavy atom. The van der Waals surface area contributed by atoms with Gasteiger partial charge in [0.05, 0.1) is 13.2 Å². The number of nitrogens with one attached hydrogen (secondary N) is 1. The highest BCUT2D eigenvalue weighted by Gasteiger charge is 2.14. The van der Waals surface area contributed by atoms with Crippen molar-refractivity contribution in [1.82, 2.24) is 5.32 Å². The smallest absolute Gasteiger partial charge is 0.106 e. The van der Waals surface area contributed by atoms with Crippen LogP contribution in [0.1, 0.15) is 6.92 Å². The van der Waals surface area contributed by atoms with Crippen LogP contribution in [-0.4, -0.2) is 24.8 Å². The lowest BCUT2D eigenvalue weighted by molar-refractivity contribution is 0.0718. The molecule has 8 heavy (non-hydrogen) atoms. The summed E-state index contributed by atoms with van der Waals surface area (Å²) in [5.74, 6) is 0. The van der Waals surface area contributed by atoms with Gasteiger partial charge in [-0.1, -0.05) is 0 Å². The van der Waals surface area contributed by atoms with E-state index in [0.29, 0.717) is 12.6 Å². The molecule has 0 amide bonds. The van der Waals surface area contributed by atoms with Crippen LogP contribution < -0.4 is 5.32 Å². The Kier molecular flexibility index (Phi) is 2.11. The molecule has 0 bridgehead atoms. The Morgan fingerprint density at radius 2 is 2.38 bits per heavy atom. The van der Waals surface area contributed by atoms with Gasteiger partial charge in [0.2, 0.25) is 0 Å². The third-order valence-electron chi connectivity index (χ3n) is 1.10. The van der Waals surface area contributed by atoms with Gasteiger partial charge in [-0.05, 0) is 6.92 Å². The van der Waals surface area contributed by atoms with Crippen molar-refractivity contribution in [3.63, 3.8) is 0 Å². The molecule has 0 aromatic heterocycles. The van der Waals surface area contributed by atoms with Crippen LogP contribution in [0.4, 0.5) is 0 Å². The third kappa shape index (κ3) is 1.62. The molecule has 2 nitrogen and oxygen atoms in total. The van der Waals surface area contributed by atoms with E-state index in [-0.39, 0.29) is 5.50 Å². The summed E-state index contributed by atoms with van der Waals surface area (Å²) in [5, 5.41) is 3.12. The normalized spacial score (nSPS) is 39.8. The summed E-state index contributed by atoms with van der Waals surface area (Å²) in [6.07, 6.45) is 0. The molecule has 1 rings (SSSR count). The molecule has 48 valence electrons. The number of hydrogen-bond acceptors (Lipinski definition) is 2. The monoisotopic (exact) mass is 135 g/mol. The van der Waals surface area contributed by atoms with Gasteiger partial charge in [-0.3, -0.25) is 5.32 Å². The zero-order valence-corrected chi connectivity index (χ0v) is 5.61. The predicted molar refractivity (Wildman–Crippen MR) is 33.1 cm³/mol. The lowest BCUT2D eigenvalue weighted by Crippen LogP contribution is -2.44. The molecule has 3 heteroatoms. The fourth-order valence-corrected chi connectivity index (χ4v) is 1.06. The SMILES string of the molecule is CC1COCC(Cl)N1. The first-order valence-electron chi connectivity index (χ1n) is 2.77. The topological polar surface area (TPSA) is 21.3 Å². The third-order valence-corrected chi connectivity index (χ3v) is 1.35. The van der Waals surface area contributed by atoms with Crippen LogP contribution in [0.2, 0.25) is 0 Å². The Morgan fingerprint density at radius 3 is 2.75 bits per heavy atom. The highest BCUT2D eigenvalue weighted by molar-refractivity contribution is 6.20. The molecule has 0 aliphatic carbocycles. The van der Waals surface area contributed by atoms with Crippen LogP contribution in [0.25, 0.3) is 0 Å². The molecule has 1 heterocycles. The average Bonchev–Trinajstić information content (AvgIpc) is 1.64. The molecule has 0 saturated carbocycles. The molecule has 1 fully saturated rings. The van der Waals surface area contributed by atoms with E-state index in [1.165, 1.54) is 0 Å². The van der Waals surface area contributed by atoms with E-state index >= 15 is 0 Å². The van der Waals surface area contributed by atoms with Gasteiger partial charge in [0, 0.05) is 6.04 Å². The summed E-state index contributed by atoms with van der Waals surface area (Å²) in [7, 11) is 0. The van der Waals surface area contributed by atoms with Crippen LogP contribution in [0.3, 0.4) is 0 Å². The summed E-state index contributed by atoms with van der Waals surface area (Å²) in [4.78, 5) is 0. The number of alkyl halides is 1. The Balaban J connectivity index is 2.23. The molecule has 0 aromatic rings. The lowest BCUT2D eigenvalue weighted by Gasteiger charge is -2.24. The van der Waals surface area contributed by atoms with E-state index in [1.807, 2.05) is 0 Å². The minimum Gasteiger partial charge on any atom is -0.377 e. The standard InChI is InChI=1S/C5H10ClNO/c1-4-2-8-3-5(6)7-4/h4-5,7H,2-3H2,1H3. The fourth-order valence-electron chi connectivity index (χ4n) is 0.753. The zero-order chi connectivity index (χ0) is 5.98. The van der Waals surface area contributed by atoms with Crippen LogP contribution in [0, 0.1) is 0 Å². The molecule has 1 N–H and O–H groups in total. The van der Waals surface area contributed by atoms with Crippen molar-refractivity contribution < 1.29 is 4.74 Å². The highest BCUT2D eigenvalue weighted by Crippen LogP contribution is 2.01. The Bertz CT molecular complexity index is 70.8. The van der Waals surface area contributed by atoms with E-state index in [2.05, 4.69) is 12.2 Å². The molecular weight excluding hydrogens is 126 g/mol. The van der Waals surface area contributed by atoms with Gasteiger partial charge in [0.15, 0.2) is 0 Å². The molecule has 1 aliphatic heterocycles. The molecule has 0 radical (unpaired) electrons. The molecule has 2 atom stereocenters. The summed E-state index contributed by atoms with van der Waals surface area (Å²) in [6.45, 7) is 3.46. The van der Waals surface area contributed by atoms with Gasteiger partial charge in [0.25, 0.3) is 0 Å². The Hall–Kier alpha value is 0.210. The van der Waals surface area contributed by atoms with Crippen molar-refractivity contribution in [1.29, 1.82) is 0 Å². The first-order valence-corrected chi connectivity index (χ1v) is 3.20. The second kappa shape index (κ2) is 2.67. The minimum absolute atomic E-state index is 0.0127. The van der Waals surface area contributed by atoms with Crippen molar-refractivity contribution in [3.8, 4) is 0 Å². The second-order valence-corrected chi connectivity index (χ2v) is 2.60. The molecule has 2 unspecified atom stereocenters. The maximum absolute atomic E-state index is 5.68. The maximum Gasteiger partial charge on any atom is 0.106 e. The van der Waals surface area contributed by atoms with Crippen molar-refractivity contribution in [2.45, 2.75) is 18.5 Å². The molecule has 1 saturated heterocycles. The van der Waals surface area contributed by atoms with Gasteiger partial charge in [-0.2, -0.15) is 0 Å². The number of rotatable bonds is 0. The summed E-state index contributed by atoms with van der Waals surface area (Å²) in [6, 6.07) is 0.409. The predicted octanol–water partition coefficient (Wildman–Crippen LogP) is 0.560. The average molecular weight is 136 g/mol. The molecular formula is C5H10ClNO. The molecule has 0 aromatic carbocycles. The van der Waals surface area contributed by atoms with Crippen LogP contribution in [0.15, 0.2) is 0 Å². The van der Waals surface area contributed by atoms with Crippen molar-refractivity contribution in [2.24, 2.45) is 0 Å². The van der Waals surface area contributed by atoms with Crippen molar-refractivity contribution in [3.05, 3.63) is 0 Å². The van der Waals surface area contributed by atoms with Crippen LogP contribution in [-0.2, 0) is 4.74 Å². The summed E-state index contributed by atoms with van der Waals surface area (Å²) in [5.41, 5.74) is 0.0127. The largest absolute Gasteiger partial charge is 0.377 e. The number of halogens is 1. The first kappa shape index (κ1) is 6.33. The van der Waals surface area contributed by atoms with E-state index in [1.54, 1.807) is 0 Å². The number of hydrogen-bond donors (Lipinski definition) is 1. The highest BCUT2D eigenvalue weighted by atomic mass is 35.5. The van der Waals surface area contributed by atoms with Gasteiger partial charge < -0.3 is 4.74 Å². The number of ether oxygens (including phenoxy) is 1. The van der Waals surface area contributed by atoms with Crippen molar-refractivity contribution in [2.75, 3.05) is 13.2 Å². The quantitative estimate of drug-likeness (QED) is 0.387. The number of morpholine rings is 1. The first-order chi connectivity index (χ1) is 3.79. The van der Waals surface area contributed by atoms with Crippen molar-refractivity contribution >= 4 is 11.6 Å². The second-order valence-electron chi connectivity index (χ2n) is 2.07. The van der Waals surface area contributed by atoms with Crippen LogP contribution in [0.5, 0.6) is 0 Å². The fraction of sp³-hybridized carbons (Fsp3) is 1.00. The summed E-state index contributed by atoms with van der Waals surface area (Å²) >= 11 is 5.68. The van der Waals surface area contributed by atoms with E-state index in [4.69, 9.17) is 16.3 Å². The molecule has 0 spiro atoms. The van der Waals surface area contributed by atoms with Gasteiger partial charge in [0.1, 0.15) is 5.50 Å². The van der Waals surface area contributed by atoms with Gasteiger partial charge in [-0.25, -0.2) is 0 Å². The minimum atomic E-state index is 0.0127.